The van der Waals surface area contributed by atoms with Crippen LogP contribution in [0.15, 0.2) is 63.8 Å². The Morgan fingerprint density at radius 2 is 1.57 bits per heavy atom. The first-order valence-corrected chi connectivity index (χ1v) is 25.9. The smallest absolute Gasteiger partial charge is 0.420 e. The zero-order valence-corrected chi connectivity index (χ0v) is 44.2. The second kappa shape index (κ2) is 26.3. The van der Waals surface area contributed by atoms with Crippen LogP contribution in [-0.4, -0.2) is 169 Å². The molecule has 0 bridgehead atoms. The van der Waals surface area contributed by atoms with Crippen LogP contribution in [0.1, 0.15) is 86.4 Å². The van der Waals surface area contributed by atoms with Crippen LogP contribution in [0.4, 0.5) is 0 Å². The molecule has 2 amide bonds. The molecule has 7 unspecified atom stereocenters. The number of phenols is 3. The number of nitrogens with zero attached hydrogens (tertiary/aromatic N) is 1. The SMILES string of the molecule is COc1cccc2c1C(=O)c1c(O)c3c(c(O)c1C2=O)CC(O)(C(C=O)NNC(=O)CCOCCOCCOCCOCCNC(=O)COc1ccc(Cn2c(=O)oc4ccc(C)cc42)cc1O)CC3OC1CC(N)C(O)C(C)O1. The van der Waals surface area contributed by atoms with Crippen molar-refractivity contribution in [3.05, 3.63) is 110 Å². The zero-order chi connectivity index (χ0) is 57.3. The number of aliphatic hydroxyl groups is 2. The van der Waals surface area contributed by atoms with Gasteiger partial charge in [-0.3, -0.25) is 29.2 Å². The Bertz CT molecular complexity index is 3130. The Morgan fingerprint density at radius 1 is 0.875 bits per heavy atom. The number of fused-ring (bicyclic) bond motifs is 4. The Hall–Kier alpha value is -7.30. The largest absolute Gasteiger partial charge is 0.507 e. The summed E-state index contributed by atoms with van der Waals surface area (Å²) < 4.78 is 51.7. The van der Waals surface area contributed by atoms with E-state index in [1.54, 1.807) is 19.1 Å². The topological polar surface area (TPSA) is 358 Å². The number of aliphatic hydroxyl groups excluding tert-OH is 1. The highest BCUT2D eigenvalue weighted by molar-refractivity contribution is 6.31. The number of nitrogens with two attached hydrogens (primary N) is 1. The van der Waals surface area contributed by atoms with Crippen molar-refractivity contribution in [1.29, 1.82) is 0 Å². The van der Waals surface area contributed by atoms with Crippen LogP contribution in [0.25, 0.3) is 11.1 Å². The Kier molecular flexibility index (Phi) is 19.4. The van der Waals surface area contributed by atoms with Gasteiger partial charge in [0.15, 0.2) is 35.8 Å². The molecule has 80 heavy (non-hydrogen) atoms. The quantitative estimate of drug-likeness (QED) is 0.0152. The molecule has 430 valence electrons. The highest BCUT2D eigenvalue weighted by Gasteiger charge is 2.51. The standard InChI is InChI=1S/C55H65N5O20/c1-29-7-9-37-35(21-29)60(54(70)80-37)26-31-8-10-38(36(62)22-31)77-28-43(64)57-12-14-74-16-18-76-20-19-75-17-15-73-13-11-42(63)59-58-41(27-61)55(71)24-33-46(40(25-55)79-44-23-34(56)49(65)30(2)78-44)53(69)48-47(51(33)67)50(66)32-5-4-6-39(72-3)45(32)52(48)68/h4-10,21-22,27,30,34,40-41,44,49,58,62,65,67,69,71H,11-20,23-26,28,56H2,1-3H3,(H,57,64)(H,59,63). The third-order valence-electron chi connectivity index (χ3n) is 14.0. The molecule has 5 aromatic rings. The van der Waals surface area contributed by atoms with E-state index in [1.165, 1.54) is 42.0 Å². The predicted molar refractivity (Wildman–Crippen MR) is 280 cm³/mol. The van der Waals surface area contributed by atoms with Crippen LogP contribution >= 0.6 is 0 Å². The number of ketones is 2. The van der Waals surface area contributed by atoms with Crippen molar-refractivity contribution in [3.8, 4) is 28.7 Å². The van der Waals surface area contributed by atoms with Gasteiger partial charge in [0.1, 0.15) is 29.6 Å². The Morgan fingerprint density at radius 3 is 2.26 bits per heavy atom. The molecule has 2 heterocycles. The third kappa shape index (κ3) is 13.3. The fraction of sp³-hybridized carbons (Fsp3) is 0.455. The minimum absolute atomic E-state index is 0.0392. The summed E-state index contributed by atoms with van der Waals surface area (Å²) in [5.74, 6) is -4.63. The molecule has 25 heteroatoms. The molecule has 7 atom stereocenters. The lowest BCUT2D eigenvalue weighted by molar-refractivity contribution is -0.248. The molecule has 0 saturated carbocycles. The summed E-state index contributed by atoms with van der Waals surface area (Å²) in [5.41, 5.74) is 10.0. The van der Waals surface area contributed by atoms with Gasteiger partial charge < -0.3 is 83.7 Å². The number of hydrazine groups is 1. The lowest BCUT2D eigenvalue weighted by atomic mass is 9.71. The molecule has 25 nitrogen and oxygen atoms in total. The molecule has 1 fully saturated rings. The molecule has 1 aromatic heterocycles. The van der Waals surface area contributed by atoms with Crippen molar-refractivity contribution in [2.45, 2.75) is 88.4 Å². The molecule has 8 rings (SSSR count). The fourth-order valence-electron chi connectivity index (χ4n) is 9.84. The van der Waals surface area contributed by atoms with E-state index in [-0.39, 0.29) is 125 Å². The number of benzene rings is 4. The number of aldehydes is 1. The number of rotatable bonds is 27. The Labute approximate surface area is 457 Å². The monoisotopic (exact) mass is 1120 g/mol. The van der Waals surface area contributed by atoms with Gasteiger partial charge >= 0.3 is 5.76 Å². The van der Waals surface area contributed by atoms with Crippen molar-refractivity contribution in [2.24, 2.45) is 5.73 Å². The molecule has 2 aliphatic carbocycles. The number of ether oxygens (including phenoxy) is 8. The van der Waals surface area contributed by atoms with E-state index in [0.29, 0.717) is 22.9 Å². The minimum Gasteiger partial charge on any atom is -0.507 e. The molecular formula is C55H65N5O20. The van der Waals surface area contributed by atoms with Gasteiger partial charge in [-0.05, 0) is 55.3 Å². The first-order chi connectivity index (χ1) is 38.4. The van der Waals surface area contributed by atoms with Crippen LogP contribution in [0.2, 0.25) is 0 Å². The van der Waals surface area contributed by atoms with Crippen molar-refractivity contribution in [1.82, 2.24) is 20.7 Å². The summed E-state index contributed by atoms with van der Waals surface area (Å²) in [6.45, 7) is 5.04. The van der Waals surface area contributed by atoms with Crippen LogP contribution in [0.5, 0.6) is 28.7 Å². The summed E-state index contributed by atoms with van der Waals surface area (Å²) in [5, 5.41) is 59.6. The van der Waals surface area contributed by atoms with Gasteiger partial charge in [-0.2, -0.15) is 0 Å². The van der Waals surface area contributed by atoms with Gasteiger partial charge in [-0.15, -0.1) is 0 Å². The summed E-state index contributed by atoms with van der Waals surface area (Å²) in [6.07, 6.45) is -5.31. The predicted octanol–water partition coefficient (Wildman–Crippen LogP) is 1.25. The molecule has 0 radical (unpaired) electrons. The van der Waals surface area contributed by atoms with Gasteiger partial charge in [0, 0.05) is 48.5 Å². The maximum atomic E-state index is 14.1. The average molecular weight is 1120 g/mol. The minimum atomic E-state index is -2.17. The van der Waals surface area contributed by atoms with E-state index in [0.717, 1.165) is 5.56 Å². The summed E-state index contributed by atoms with van der Waals surface area (Å²) in [4.78, 5) is 78.3. The van der Waals surface area contributed by atoms with E-state index in [1.807, 2.05) is 19.1 Å². The number of carbonyl (C=O) groups is 5. The molecule has 10 N–H and O–H groups in total. The maximum absolute atomic E-state index is 14.1. The van der Waals surface area contributed by atoms with Crippen LogP contribution < -0.4 is 37.1 Å². The zero-order valence-electron chi connectivity index (χ0n) is 44.2. The first kappa shape index (κ1) is 58.8. The van der Waals surface area contributed by atoms with Crippen LogP contribution in [0.3, 0.4) is 0 Å². The van der Waals surface area contributed by atoms with Gasteiger partial charge in [-0.1, -0.05) is 24.3 Å². The molecule has 3 aliphatic rings. The number of hydrogen-bond acceptors (Lipinski definition) is 22. The number of carbonyl (C=O) groups excluding carboxylic acids is 5. The van der Waals surface area contributed by atoms with E-state index in [4.69, 9.17) is 48.0 Å². The number of amides is 2. The number of nitrogens with one attached hydrogen (secondary N) is 3. The highest BCUT2D eigenvalue weighted by Crippen LogP contribution is 2.53. The average Bonchev–Trinajstić information content (AvgIpc) is 3.90. The van der Waals surface area contributed by atoms with Crippen molar-refractivity contribution < 1.29 is 91.8 Å². The maximum Gasteiger partial charge on any atom is 0.420 e. The number of phenolic OH excluding ortho intramolecular Hbond substituents is 3. The molecule has 0 spiro atoms. The van der Waals surface area contributed by atoms with Gasteiger partial charge in [0.05, 0.1) is 119 Å². The molecule has 4 aromatic carbocycles. The fourth-order valence-corrected chi connectivity index (χ4v) is 9.84. The number of hydrogen-bond donors (Lipinski definition) is 9. The first-order valence-electron chi connectivity index (χ1n) is 25.9. The molecule has 1 aliphatic heterocycles. The second-order valence-corrected chi connectivity index (χ2v) is 19.5. The molecule has 1 saturated heterocycles. The third-order valence-corrected chi connectivity index (χ3v) is 14.0. The summed E-state index contributed by atoms with van der Waals surface area (Å²) >= 11 is 0. The van der Waals surface area contributed by atoms with Crippen molar-refractivity contribution >= 4 is 40.8 Å². The second-order valence-electron chi connectivity index (χ2n) is 19.5. The van der Waals surface area contributed by atoms with E-state index >= 15 is 0 Å². The number of aromatic hydroxyl groups is 3. The van der Waals surface area contributed by atoms with Gasteiger partial charge in [-0.25, -0.2) is 10.2 Å². The van der Waals surface area contributed by atoms with Crippen molar-refractivity contribution in [2.75, 3.05) is 73.1 Å². The lowest BCUT2D eigenvalue weighted by Crippen LogP contribution is -2.60. The van der Waals surface area contributed by atoms with E-state index in [9.17, 15) is 54.3 Å². The normalized spacial score (nSPS) is 20.9. The van der Waals surface area contributed by atoms with Gasteiger partial charge in [0.2, 0.25) is 11.7 Å². The van der Waals surface area contributed by atoms with E-state index < -0.39 is 107 Å². The highest BCUT2D eigenvalue weighted by atomic mass is 16.7. The number of aryl methyl sites for hydroxylation is 1. The number of oxazole rings is 1. The van der Waals surface area contributed by atoms with E-state index in [2.05, 4.69) is 16.2 Å². The lowest BCUT2D eigenvalue weighted by Gasteiger charge is -2.44. The number of aromatic nitrogens is 1. The van der Waals surface area contributed by atoms with Crippen LogP contribution in [0, 0.1) is 6.92 Å². The van der Waals surface area contributed by atoms with Crippen LogP contribution in [-0.2, 0) is 55.8 Å². The molecular weight excluding hydrogens is 1050 g/mol. The summed E-state index contributed by atoms with van der Waals surface area (Å²) in [6, 6.07) is 12.0. The Balaban J connectivity index is 0.710. The van der Waals surface area contributed by atoms with Gasteiger partial charge in [0.25, 0.3) is 5.91 Å². The number of methoxy groups -OCH3 is 1. The summed E-state index contributed by atoms with van der Waals surface area (Å²) in [7, 11) is 1.31. The van der Waals surface area contributed by atoms with Crippen molar-refractivity contribution in [3.63, 3.8) is 0 Å².